The lowest BCUT2D eigenvalue weighted by molar-refractivity contribution is -0.119. The lowest BCUT2D eigenvalue weighted by atomic mass is 10.1. The maximum Gasteiger partial charge on any atom is 0.266 e. The first-order valence-corrected chi connectivity index (χ1v) is 10.0. The summed E-state index contributed by atoms with van der Waals surface area (Å²) in [5, 5.41) is 3.94. The predicted molar refractivity (Wildman–Crippen MR) is 111 cm³/mol. The minimum atomic E-state index is -0.128. The number of para-hydroxylation sites is 1. The van der Waals surface area contributed by atoms with E-state index in [1.54, 1.807) is 10.6 Å². The van der Waals surface area contributed by atoms with E-state index in [1.807, 2.05) is 56.3 Å². The van der Waals surface area contributed by atoms with Gasteiger partial charge in [0.15, 0.2) is 5.16 Å². The van der Waals surface area contributed by atoms with Crippen LogP contribution in [0.3, 0.4) is 0 Å². The third kappa shape index (κ3) is 4.39. The number of nitrogens with one attached hydrogen (secondary N) is 1. The van der Waals surface area contributed by atoms with Gasteiger partial charge in [-0.1, -0.05) is 43.0 Å². The first-order valence-electron chi connectivity index (χ1n) is 9.03. The molecule has 0 aliphatic rings. The average Bonchev–Trinajstić information content (AvgIpc) is 2.66. The number of benzene rings is 2. The summed E-state index contributed by atoms with van der Waals surface area (Å²) in [6, 6.07) is 15.2. The van der Waals surface area contributed by atoms with E-state index in [4.69, 9.17) is 0 Å². The highest BCUT2D eigenvalue weighted by Gasteiger charge is 2.15. The number of aryl methyl sites for hydroxylation is 1. The lowest BCUT2D eigenvalue weighted by Gasteiger charge is -2.14. The Kier molecular flexibility index (Phi) is 5.96. The number of nitrogens with zero attached hydrogens (tertiary/aromatic N) is 2. The van der Waals surface area contributed by atoms with E-state index in [-0.39, 0.29) is 23.3 Å². The highest BCUT2D eigenvalue weighted by Crippen LogP contribution is 2.21. The third-order valence-electron chi connectivity index (χ3n) is 4.13. The molecule has 140 valence electrons. The van der Waals surface area contributed by atoms with Crippen LogP contribution < -0.4 is 10.9 Å². The summed E-state index contributed by atoms with van der Waals surface area (Å²) in [4.78, 5) is 29.8. The summed E-state index contributed by atoms with van der Waals surface area (Å²) in [5.41, 5.74) is 2.46. The van der Waals surface area contributed by atoms with Gasteiger partial charge in [0.25, 0.3) is 5.56 Å². The van der Waals surface area contributed by atoms with Crippen LogP contribution in [-0.2, 0) is 11.2 Å². The molecular formula is C21H23N3O2S. The molecule has 0 aliphatic heterocycles. The molecule has 3 aromatic rings. The highest BCUT2D eigenvalue weighted by atomic mass is 32.2. The Morgan fingerprint density at radius 2 is 1.85 bits per heavy atom. The van der Waals surface area contributed by atoms with Crippen molar-refractivity contribution in [2.45, 2.75) is 38.4 Å². The molecule has 0 atom stereocenters. The number of rotatable bonds is 6. The summed E-state index contributed by atoms with van der Waals surface area (Å²) in [7, 11) is 0. The molecule has 0 saturated carbocycles. The van der Waals surface area contributed by atoms with E-state index in [0.29, 0.717) is 16.1 Å². The van der Waals surface area contributed by atoms with Crippen molar-refractivity contribution in [1.82, 2.24) is 14.9 Å². The maximum atomic E-state index is 13.1. The first kappa shape index (κ1) is 19.2. The molecule has 0 aliphatic carbocycles. The SMILES string of the molecule is CCc1ccc(-n2c(SCC(=O)NC(C)C)nc3ccccc3c2=O)cc1. The molecule has 27 heavy (non-hydrogen) atoms. The van der Waals surface area contributed by atoms with E-state index in [2.05, 4.69) is 17.2 Å². The van der Waals surface area contributed by atoms with Gasteiger partial charge in [-0.3, -0.25) is 14.2 Å². The third-order valence-corrected chi connectivity index (χ3v) is 5.07. The van der Waals surface area contributed by atoms with Crippen LogP contribution in [-0.4, -0.2) is 27.3 Å². The second kappa shape index (κ2) is 8.39. The summed E-state index contributed by atoms with van der Waals surface area (Å²) >= 11 is 1.27. The topological polar surface area (TPSA) is 64.0 Å². The summed E-state index contributed by atoms with van der Waals surface area (Å²) < 4.78 is 1.59. The van der Waals surface area contributed by atoms with E-state index >= 15 is 0 Å². The van der Waals surface area contributed by atoms with Crippen molar-refractivity contribution < 1.29 is 4.79 Å². The Morgan fingerprint density at radius 3 is 2.52 bits per heavy atom. The molecule has 0 fully saturated rings. The van der Waals surface area contributed by atoms with Gasteiger partial charge in [0.1, 0.15) is 0 Å². The van der Waals surface area contributed by atoms with Crippen LogP contribution in [0.2, 0.25) is 0 Å². The quantitative estimate of drug-likeness (QED) is 0.524. The van der Waals surface area contributed by atoms with Gasteiger partial charge in [0.2, 0.25) is 5.91 Å². The van der Waals surface area contributed by atoms with Crippen LogP contribution in [0, 0.1) is 0 Å². The Hall–Kier alpha value is -2.60. The number of amides is 1. The predicted octanol–water partition coefficient (Wildman–Crippen LogP) is 3.56. The monoisotopic (exact) mass is 381 g/mol. The molecule has 0 spiro atoms. The van der Waals surface area contributed by atoms with Gasteiger partial charge in [0, 0.05) is 6.04 Å². The van der Waals surface area contributed by atoms with Gasteiger partial charge in [-0.15, -0.1) is 0 Å². The number of thioether (sulfide) groups is 1. The molecule has 0 radical (unpaired) electrons. The van der Waals surface area contributed by atoms with Crippen LogP contribution in [0.25, 0.3) is 16.6 Å². The second-order valence-electron chi connectivity index (χ2n) is 6.58. The number of carbonyl (C=O) groups excluding carboxylic acids is 1. The van der Waals surface area contributed by atoms with Crippen molar-refractivity contribution in [1.29, 1.82) is 0 Å². The Balaban J connectivity index is 2.06. The van der Waals surface area contributed by atoms with Gasteiger partial charge >= 0.3 is 0 Å². The van der Waals surface area contributed by atoms with Gasteiger partial charge in [-0.2, -0.15) is 0 Å². The van der Waals surface area contributed by atoms with Crippen molar-refractivity contribution in [2.24, 2.45) is 0 Å². The minimum absolute atomic E-state index is 0.0754. The van der Waals surface area contributed by atoms with E-state index in [0.717, 1.165) is 12.1 Å². The zero-order chi connectivity index (χ0) is 19.4. The van der Waals surface area contributed by atoms with Gasteiger partial charge in [0.05, 0.1) is 22.3 Å². The molecule has 0 bridgehead atoms. The van der Waals surface area contributed by atoms with E-state index < -0.39 is 0 Å². The number of hydrogen-bond donors (Lipinski definition) is 1. The smallest absolute Gasteiger partial charge is 0.266 e. The Morgan fingerprint density at radius 1 is 1.15 bits per heavy atom. The Labute approximate surface area is 162 Å². The van der Waals surface area contributed by atoms with Gasteiger partial charge in [-0.25, -0.2) is 4.98 Å². The molecule has 2 aromatic carbocycles. The first-order chi connectivity index (χ1) is 13.0. The normalized spacial score (nSPS) is 11.1. The lowest BCUT2D eigenvalue weighted by Crippen LogP contribution is -2.32. The fourth-order valence-corrected chi connectivity index (χ4v) is 3.64. The Bertz CT molecular complexity index is 1010. The molecule has 1 N–H and O–H groups in total. The van der Waals surface area contributed by atoms with Crippen molar-refractivity contribution in [3.63, 3.8) is 0 Å². The van der Waals surface area contributed by atoms with E-state index in [9.17, 15) is 9.59 Å². The number of fused-ring (bicyclic) bond motifs is 1. The molecule has 1 amide bonds. The molecule has 1 aromatic heterocycles. The summed E-state index contributed by atoms with van der Waals surface area (Å²) in [6.45, 7) is 5.93. The summed E-state index contributed by atoms with van der Waals surface area (Å²) in [6.07, 6.45) is 0.933. The zero-order valence-corrected chi connectivity index (χ0v) is 16.5. The standard InChI is InChI=1S/C21H23N3O2S/c1-4-15-9-11-16(12-10-15)24-20(26)17-7-5-6-8-18(17)23-21(24)27-13-19(25)22-14(2)3/h5-12,14H,4,13H2,1-3H3,(H,22,25). The largest absolute Gasteiger partial charge is 0.353 e. The van der Waals surface area contributed by atoms with Gasteiger partial charge in [-0.05, 0) is 50.1 Å². The summed E-state index contributed by atoms with van der Waals surface area (Å²) in [5.74, 6) is 0.126. The fraction of sp³-hybridized carbons (Fsp3) is 0.286. The van der Waals surface area contributed by atoms with Crippen LogP contribution in [0.5, 0.6) is 0 Å². The number of hydrogen-bond acceptors (Lipinski definition) is 4. The maximum absolute atomic E-state index is 13.1. The molecule has 0 saturated heterocycles. The van der Waals surface area contributed by atoms with Crippen LogP contribution in [0.4, 0.5) is 0 Å². The van der Waals surface area contributed by atoms with Crippen molar-refractivity contribution in [3.8, 4) is 5.69 Å². The number of carbonyl (C=O) groups is 1. The van der Waals surface area contributed by atoms with Crippen molar-refractivity contribution in [2.75, 3.05) is 5.75 Å². The molecule has 6 heteroatoms. The number of aromatic nitrogens is 2. The average molecular weight is 382 g/mol. The van der Waals surface area contributed by atoms with Crippen LogP contribution in [0.15, 0.2) is 58.5 Å². The zero-order valence-electron chi connectivity index (χ0n) is 15.7. The van der Waals surface area contributed by atoms with Gasteiger partial charge < -0.3 is 5.32 Å². The molecule has 3 rings (SSSR count). The van der Waals surface area contributed by atoms with Crippen LogP contribution in [0.1, 0.15) is 26.3 Å². The second-order valence-corrected chi connectivity index (χ2v) is 7.53. The molecule has 5 nitrogen and oxygen atoms in total. The van der Waals surface area contributed by atoms with E-state index in [1.165, 1.54) is 17.3 Å². The molecule has 1 heterocycles. The van der Waals surface area contributed by atoms with Crippen molar-refractivity contribution >= 4 is 28.6 Å². The van der Waals surface area contributed by atoms with Crippen molar-refractivity contribution in [3.05, 3.63) is 64.4 Å². The van der Waals surface area contributed by atoms with Crippen LogP contribution >= 0.6 is 11.8 Å². The molecule has 0 unspecified atom stereocenters. The molecular weight excluding hydrogens is 358 g/mol. The minimum Gasteiger partial charge on any atom is -0.353 e. The highest BCUT2D eigenvalue weighted by molar-refractivity contribution is 7.99. The fourth-order valence-electron chi connectivity index (χ4n) is 2.81.